The number of carbonyl (C=O) groups is 1. The van der Waals surface area contributed by atoms with Crippen LogP contribution in [0.3, 0.4) is 0 Å². The predicted octanol–water partition coefficient (Wildman–Crippen LogP) is 3.43. The number of carbonyl (C=O) groups excluding carboxylic acids is 1. The summed E-state index contributed by atoms with van der Waals surface area (Å²) in [7, 11) is 2.82. The van der Waals surface area contributed by atoms with Gasteiger partial charge in [-0.1, -0.05) is 12.1 Å². The Morgan fingerprint density at radius 3 is 2.43 bits per heavy atom. The van der Waals surface area contributed by atoms with Gasteiger partial charge in [-0.3, -0.25) is 9.48 Å². The topological polar surface area (TPSA) is 38.1 Å². The number of nitrogens with zero attached hydrogens (tertiary/aromatic N) is 3. The summed E-state index contributed by atoms with van der Waals surface area (Å²) >= 11 is 1.59. The summed E-state index contributed by atoms with van der Waals surface area (Å²) in [5.74, 6) is -0.709. The molecule has 2 aromatic rings. The predicted molar refractivity (Wildman–Crippen MR) is 82.2 cm³/mol. The maximum absolute atomic E-state index is 12.9. The van der Waals surface area contributed by atoms with Crippen LogP contribution in [0.2, 0.25) is 0 Å². The van der Waals surface area contributed by atoms with E-state index in [1.54, 1.807) is 11.8 Å². The van der Waals surface area contributed by atoms with Gasteiger partial charge < -0.3 is 4.90 Å². The standard InChI is InChI=1S/C15H16F3N3OS/c1-20(8-10-4-6-11(23-3)7-5-10)14(22)12-9-21(2)19-13(12)15(16,17)18/h4-7,9H,8H2,1-3H3. The van der Waals surface area contributed by atoms with Crippen LogP contribution in [-0.4, -0.2) is 33.9 Å². The smallest absolute Gasteiger partial charge is 0.337 e. The van der Waals surface area contributed by atoms with Gasteiger partial charge in [0, 0.05) is 31.7 Å². The third-order valence-electron chi connectivity index (χ3n) is 3.25. The molecule has 0 N–H and O–H groups in total. The van der Waals surface area contributed by atoms with Crippen molar-refractivity contribution < 1.29 is 18.0 Å². The van der Waals surface area contributed by atoms with Crippen LogP contribution >= 0.6 is 11.8 Å². The van der Waals surface area contributed by atoms with Gasteiger partial charge in [0.2, 0.25) is 0 Å². The van der Waals surface area contributed by atoms with E-state index in [2.05, 4.69) is 5.10 Å². The van der Waals surface area contributed by atoms with Gasteiger partial charge in [0.05, 0.1) is 5.56 Å². The lowest BCUT2D eigenvalue weighted by atomic mass is 10.2. The first-order valence-electron chi connectivity index (χ1n) is 6.71. The maximum atomic E-state index is 12.9. The lowest BCUT2D eigenvalue weighted by Crippen LogP contribution is -2.28. The molecule has 0 bridgehead atoms. The van der Waals surface area contributed by atoms with Gasteiger partial charge in [0.15, 0.2) is 5.69 Å². The molecule has 1 heterocycles. The molecule has 23 heavy (non-hydrogen) atoms. The Balaban J connectivity index is 2.19. The van der Waals surface area contributed by atoms with E-state index in [-0.39, 0.29) is 6.54 Å². The van der Waals surface area contributed by atoms with Crippen molar-refractivity contribution in [3.05, 3.63) is 47.3 Å². The van der Waals surface area contributed by atoms with Crippen molar-refractivity contribution >= 4 is 17.7 Å². The van der Waals surface area contributed by atoms with Gasteiger partial charge in [-0.25, -0.2) is 0 Å². The van der Waals surface area contributed by atoms with Crippen LogP contribution in [0.4, 0.5) is 13.2 Å². The van der Waals surface area contributed by atoms with E-state index in [0.717, 1.165) is 21.3 Å². The third kappa shape index (κ3) is 4.07. The summed E-state index contributed by atoms with van der Waals surface area (Å²) in [5.41, 5.74) is -0.756. The first-order valence-corrected chi connectivity index (χ1v) is 7.94. The molecule has 1 aromatic heterocycles. The van der Waals surface area contributed by atoms with Crippen molar-refractivity contribution in [2.24, 2.45) is 7.05 Å². The monoisotopic (exact) mass is 343 g/mol. The Labute approximate surface area is 136 Å². The van der Waals surface area contributed by atoms with Gasteiger partial charge in [-0.05, 0) is 24.0 Å². The summed E-state index contributed by atoms with van der Waals surface area (Å²) in [4.78, 5) is 14.6. The fraction of sp³-hybridized carbons (Fsp3) is 0.333. The zero-order valence-corrected chi connectivity index (χ0v) is 13.7. The van der Waals surface area contributed by atoms with E-state index in [4.69, 9.17) is 0 Å². The molecule has 8 heteroatoms. The molecule has 0 atom stereocenters. The molecular formula is C15H16F3N3OS. The minimum absolute atomic E-state index is 0.222. The highest BCUT2D eigenvalue weighted by Crippen LogP contribution is 2.31. The summed E-state index contributed by atoms with van der Waals surface area (Å²) in [6.45, 7) is 0.222. The Morgan fingerprint density at radius 2 is 1.91 bits per heavy atom. The first kappa shape index (κ1) is 17.4. The molecule has 1 amide bonds. The number of amides is 1. The van der Waals surface area contributed by atoms with Gasteiger partial charge in [0.1, 0.15) is 0 Å². The molecule has 0 saturated heterocycles. The van der Waals surface area contributed by atoms with Crippen molar-refractivity contribution in [3.63, 3.8) is 0 Å². The zero-order valence-electron chi connectivity index (χ0n) is 12.9. The average Bonchev–Trinajstić information content (AvgIpc) is 2.89. The third-order valence-corrected chi connectivity index (χ3v) is 4.00. The van der Waals surface area contributed by atoms with Gasteiger partial charge >= 0.3 is 6.18 Å². The molecule has 0 saturated carbocycles. The number of aromatic nitrogens is 2. The van der Waals surface area contributed by atoms with E-state index < -0.39 is 23.3 Å². The Morgan fingerprint density at radius 1 is 1.30 bits per heavy atom. The van der Waals surface area contributed by atoms with Crippen LogP contribution in [0, 0.1) is 0 Å². The molecule has 0 radical (unpaired) electrons. The number of alkyl halides is 3. The molecule has 0 aliphatic carbocycles. The number of thioether (sulfide) groups is 1. The number of hydrogen-bond acceptors (Lipinski definition) is 3. The first-order chi connectivity index (χ1) is 10.7. The van der Waals surface area contributed by atoms with Crippen molar-refractivity contribution in [1.29, 1.82) is 0 Å². The molecule has 0 unspecified atom stereocenters. The fourth-order valence-corrected chi connectivity index (χ4v) is 2.54. The minimum Gasteiger partial charge on any atom is -0.337 e. The molecule has 4 nitrogen and oxygen atoms in total. The van der Waals surface area contributed by atoms with Crippen molar-refractivity contribution in [2.75, 3.05) is 13.3 Å². The second-order valence-electron chi connectivity index (χ2n) is 5.07. The number of rotatable bonds is 4. The summed E-state index contributed by atoms with van der Waals surface area (Å²) < 4.78 is 39.8. The number of hydrogen-bond donors (Lipinski definition) is 0. The Hall–Kier alpha value is -1.96. The Kier molecular flexibility index (Phi) is 5.03. The zero-order chi connectivity index (χ0) is 17.2. The molecule has 0 spiro atoms. The number of aryl methyl sites for hydroxylation is 1. The van der Waals surface area contributed by atoms with E-state index in [1.165, 1.54) is 19.0 Å². The van der Waals surface area contributed by atoms with Gasteiger partial charge in [-0.2, -0.15) is 18.3 Å². The number of halogens is 3. The Bertz CT molecular complexity index is 695. The highest BCUT2D eigenvalue weighted by molar-refractivity contribution is 7.98. The SMILES string of the molecule is CSc1ccc(CN(C)C(=O)c2cn(C)nc2C(F)(F)F)cc1. The largest absolute Gasteiger partial charge is 0.435 e. The maximum Gasteiger partial charge on any atom is 0.435 e. The number of benzene rings is 1. The minimum atomic E-state index is -4.66. The van der Waals surface area contributed by atoms with Crippen LogP contribution in [-0.2, 0) is 19.8 Å². The van der Waals surface area contributed by atoms with Crippen LogP contribution in [0.15, 0.2) is 35.4 Å². The molecular weight excluding hydrogens is 327 g/mol. The van der Waals surface area contributed by atoms with Crippen molar-refractivity contribution in [2.45, 2.75) is 17.6 Å². The van der Waals surface area contributed by atoms with E-state index in [9.17, 15) is 18.0 Å². The lowest BCUT2D eigenvalue weighted by Gasteiger charge is -2.17. The molecule has 2 rings (SSSR count). The molecule has 1 aromatic carbocycles. The molecule has 0 aliphatic rings. The summed E-state index contributed by atoms with van der Waals surface area (Å²) in [5, 5.41) is 3.36. The van der Waals surface area contributed by atoms with Crippen LogP contribution in [0.5, 0.6) is 0 Å². The highest BCUT2D eigenvalue weighted by atomic mass is 32.2. The van der Waals surface area contributed by atoms with E-state index in [0.29, 0.717) is 0 Å². The second-order valence-corrected chi connectivity index (χ2v) is 5.95. The van der Waals surface area contributed by atoms with Crippen molar-refractivity contribution in [3.8, 4) is 0 Å². The quantitative estimate of drug-likeness (QED) is 0.798. The molecule has 0 aliphatic heterocycles. The van der Waals surface area contributed by atoms with Gasteiger partial charge in [0.25, 0.3) is 5.91 Å². The van der Waals surface area contributed by atoms with Crippen LogP contribution in [0.1, 0.15) is 21.6 Å². The van der Waals surface area contributed by atoms with Crippen LogP contribution < -0.4 is 0 Å². The highest BCUT2D eigenvalue weighted by Gasteiger charge is 2.39. The summed E-state index contributed by atoms with van der Waals surface area (Å²) in [6.07, 6.45) is -1.61. The average molecular weight is 343 g/mol. The van der Waals surface area contributed by atoms with E-state index >= 15 is 0 Å². The van der Waals surface area contributed by atoms with E-state index in [1.807, 2.05) is 30.5 Å². The molecule has 124 valence electrons. The molecule has 0 fully saturated rings. The van der Waals surface area contributed by atoms with Crippen molar-refractivity contribution in [1.82, 2.24) is 14.7 Å². The fourth-order valence-electron chi connectivity index (χ4n) is 2.14. The summed E-state index contributed by atoms with van der Waals surface area (Å²) in [6, 6.07) is 7.51. The van der Waals surface area contributed by atoms with Gasteiger partial charge in [-0.15, -0.1) is 11.8 Å². The lowest BCUT2D eigenvalue weighted by molar-refractivity contribution is -0.141. The normalized spacial score (nSPS) is 11.6. The van der Waals surface area contributed by atoms with Crippen LogP contribution in [0.25, 0.3) is 0 Å². The second kappa shape index (κ2) is 6.66.